The molecule has 0 amide bonds. The van der Waals surface area contributed by atoms with Crippen molar-refractivity contribution in [3.05, 3.63) is 24.3 Å². The van der Waals surface area contributed by atoms with Gasteiger partial charge in [0.1, 0.15) is 5.52 Å². The molecule has 2 aromatic rings. The zero-order valence-corrected chi connectivity index (χ0v) is 9.31. The molecule has 2 rings (SSSR count). The average Bonchev–Trinajstić information content (AvgIpc) is 2.69. The minimum atomic E-state index is -0.347. The molecule has 0 radical (unpaired) electrons. The Morgan fingerprint density at radius 3 is 3.00 bits per heavy atom. The molecule has 86 valence electrons. The lowest BCUT2D eigenvalue weighted by molar-refractivity contribution is 0.175. The molecule has 1 atom stereocenters. The van der Waals surface area contributed by atoms with Crippen LogP contribution in [0.5, 0.6) is 0 Å². The first-order valence-electron chi connectivity index (χ1n) is 5.57. The van der Waals surface area contributed by atoms with Gasteiger partial charge in [0.25, 0.3) is 6.01 Å². The van der Waals surface area contributed by atoms with Gasteiger partial charge in [0, 0.05) is 6.54 Å². The second-order valence-electron chi connectivity index (χ2n) is 3.81. The van der Waals surface area contributed by atoms with E-state index >= 15 is 0 Å². The molecule has 0 fully saturated rings. The molecule has 0 aliphatic heterocycles. The number of hydrogen-bond acceptors (Lipinski definition) is 4. The van der Waals surface area contributed by atoms with Crippen LogP contribution in [-0.2, 0) is 0 Å². The lowest BCUT2D eigenvalue weighted by Crippen LogP contribution is -2.19. The van der Waals surface area contributed by atoms with Crippen LogP contribution in [0.2, 0.25) is 0 Å². The van der Waals surface area contributed by atoms with Crippen molar-refractivity contribution in [1.82, 2.24) is 4.98 Å². The molecule has 0 bridgehead atoms. The number of oxazole rings is 1. The Labute approximate surface area is 94.3 Å². The molecule has 1 aromatic carbocycles. The van der Waals surface area contributed by atoms with Crippen LogP contribution in [0.1, 0.15) is 19.8 Å². The molecule has 0 aliphatic rings. The van der Waals surface area contributed by atoms with Crippen molar-refractivity contribution in [1.29, 1.82) is 0 Å². The molecule has 1 aromatic heterocycles. The minimum absolute atomic E-state index is 0.347. The fourth-order valence-corrected chi connectivity index (χ4v) is 1.59. The highest BCUT2D eigenvalue weighted by atomic mass is 16.4. The second-order valence-corrected chi connectivity index (χ2v) is 3.81. The van der Waals surface area contributed by atoms with Crippen molar-refractivity contribution >= 4 is 17.1 Å². The first-order valence-corrected chi connectivity index (χ1v) is 5.57. The summed E-state index contributed by atoms with van der Waals surface area (Å²) in [6.07, 6.45) is 1.41. The molecule has 1 unspecified atom stereocenters. The van der Waals surface area contributed by atoms with Crippen molar-refractivity contribution in [3.8, 4) is 0 Å². The van der Waals surface area contributed by atoms with Gasteiger partial charge in [0.2, 0.25) is 0 Å². The molecule has 0 saturated carbocycles. The van der Waals surface area contributed by atoms with Gasteiger partial charge in [-0.2, -0.15) is 4.98 Å². The first kappa shape index (κ1) is 11.0. The Morgan fingerprint density at radius 2 is 2.25 bits per heavy atom. The quantitative estimate of drug-likeness (QED) is 0.812. The number of aliphatic hydroxyl groups excluding tert-OH is 1. The molecule has 16 heavy (non-hydrogen) atoms. The Hall–Kier alpha value is -1.55. The standard InChI is InChI=1S/C12H16N2O2/c1-2-5-9(15)8-13-12-14-10-6-3-4-7-11(10)16-12/h3-4,6-7,9,15H,2,5,8H2,1H3,(H,13,14). The van der Waals surface area contributed by atoms with Crippen LogP contribution in [0.4, 0.5) is 6.01 Å². The fraction of sp³-hybridized carbons (Fsp3) is 0.417. The minimum Gasteiger partial charge on any atom is -0.424 e. The van der Waals surface area contributed by atoms with Crippen molar-refractivity contribution in [2.75, 3.05) is 11.9 Å². The highest BCUT2D eigenvalue weighted by molar-refractivity contribution is 5.74. The SMILES string of the molecule is CCCC(O)CNc1nc2ccccc2o1. The maximum Gasteiger partial charge on any atom is 0.295 e. The largest absolute Gasteiger partial charge is 0.424 e. The predicted molar refractivity (Wildman–Crippen MR) is 63.4 cm³/mol. The van der Waals surface area contributed by atoms with Crippen LogP contribution >= 0.6 is 0 Å². The maximum atomic E-state index is 9.55. The summed E-state index contributed by atoms with van der Waals surface area (Å²) >= 11 is 0. The summed E-state index contributed by atoms with van der Waals surface area (Å²) in [5.41, 5.74) is 1.59. The van der Waals surface area contributed by atoms with Gasteiger partial charge in [0.05, 0.1) is 6.10 Å². The molecule has 0 saturated heterocycles. The summed E-state index contributed by atoms with van der Waals surface area (Å²) in [6, 6.07) is 8.06. The molecular weight excluding hydrogens is 204 g/mol. The Kier molecular flexibility index (Phi) is 3.41. The van der Waals surface area contributed by atoms with Gasteiger partial charge in [-0.3, -0.25) is 0 Å². The lowest BCUT2D eigenvalue weighted by atomic mass is 10.2. The van der Waals surface area contributed by atoms with E-state index in [0.717, 1.165) is 23.9 Å². The normalized spacial score (nSPS) is 12.9. The Bertz CT molecular complexity index is 420. The van der Waals surface area contributed by atoms with E-state index in [0.29, 0.717) is 12.6 Å². The van der Waals surface area contributed by atoms with Gasteiger partial charge >= 0.3 is 0 Å². The van der Waals surface area contributed by atoms with Crippen LogP contribution in [0, 0.1) is 0 Å². The van der Waals surface area contributed by atoms with Crippen LogP contribution in [-0.4, -0.2) is 22.7 Å². The number of benzene rings is 1. The molecular formula is C12H16N2O2. The van der Waals surface area contributed by atoms with Crippen molar-refractivity contribution < 1.29 is 9.52 Å². The topological polar surface area (TPSA) is 58.3 Å². The third-order valence-electron chi connectivity index (χ3n) is 2.40. The lowest BCUT2D eigenvalue weighted by Gasteiger charge is -2.08. The van der Waals surface area contributed by atoms with Crippen LogP contribution in [0.15, 0.2) is 28.7 Å². The van der Waals surface area contributed by atoms with Crippen molar-refractivity contribution in [2.45, 2.75) is 25.9 Å². The van der Waals surface area contributed by atoms with Crippen LogP contribution < -0.4 is 5.32 Å². The zero-order valence-electron chi connectivity index (χ0n) is 9.31. The van der Waals surface area contributed by atoms with Crippen LogP contribution in [0.25, 0.3) is 11.1 Å². The van der Waals surface area contributed by atoms with E-state index in [1.165, 1.54) is 0 Å². The van der Waals surface area contributed by atoms with E-state index in [4.69, 9.17) is 4.42 Å². The van der Waals surface area contributed by atoms with Crippen molar-refractivity contribution in [2.24, 2.45) is 0 Å². The fourth-order valence-electron chi connectivity index (χ4n) is 1.59. The molecule has 2 N–H and O–H groups in total. The van der Waals surface area contributed by atoms with E-state index < -0.39 is 0 Å². The number of aromatic nitrogens is 1. The smallest absolute Gasteiger partial charge is 0.295 e. The number of nitrogens with one attached hydrogen (secondary N) is 1. The molecule has 4 nitrogen and oxygen atoms in total. The Morgan fingerprint density at radius 1 is 1.44 bits per heavy atom. The summed E-state index contributed by atoms with van der Waals surface area (Å²) in [4.78, 5) is 4.26. The van der Waals surface area contributed by atoms with Gasteiger partial charge in [-0.05, 0) is 18.6 Å². The van der Waals surface area contributed by atoms with E-state index in [2.05, 4.69) is 10.3 Å². The van der Waals surface area contributed by atoms with Gasteiger partial charge in [0.15, 0.2) is 5.58 Å². The number of rotatable bonds is 5. The third kappa shape index (κ3) is 2.52. The van der Waals surface area contributed by atoms with Crippen molar-refractivity contribution in [3.63, 3.8) is 0 Å². The number of hydrogen-bond donors (Lipinski definition) is 2. The Balaban J connectivity index is 1.99. The number of anilines is 1. The first-order chi connectivity index (χ1) is 7.79. The second kappa shape index (κ2) is 4.99. The van der Waals surface area contributed by atoms with Crippen LogP contribution in [0.3, 0.4) is 0 Å². The summed E-state index contributed by atoms with van der Waals surface area (Å²) in [7, 11) is 0. The van der Waals surface area contributed by atoms with E-state index in [9.17, 15) is 5.11 Å². The molecule has 0 spiro atoms. The third-order valence-corrected chi connectivity index (χ3v) is 2.40. The summed E-state index contributed by atoms with van der Waals surface area (Å²) in [5.74, 6) is 0. The summed E-state index contributed by atoms with van der Waals surface area (Å²) < 4.78 is 5.46. The number of aliphatic hydroxyl groups is 1. The van der Waals surface area contributed by atoms with Gasteiger partial charge in [-0.15, -0.1) is 0 Å². The molecule has 0 aliphatic carbocycles. The predicted octanol–water partition coefficient (Wildman–Crippen LogP) is 2.40. The number of para-hydroxylation sites is 2. The highest BCUT2D eigenvalue weighted by Crippen LogP contribution is 2.17. The highest BCUT2D eigenvalue weighted by Gasteiger charge is 2.06. The van der Waals surface area contributed by atoms with Gasteiger partial charge < -0.3 is 14.8 Å². The van der Waals surface area contributed by atoms with E-state index in [1.807, 2.05) is 31.2 Å². The average molecular weight is 220 g/mol. The summed E-state index contributed by atoms with van der Waals surface area (Å²) in [6.45, 7) is 2.52. The van der Waals surface area contributed by atoms with Gasteiger partial charge in [-0.25, -0.2) is 0 Å². The van der Waals surface area contributed by atoms with Gasteiger partial charge in [-0.1, -0.05) is 25.5 Å². The zero-order chi connectivity index (χ0) is 11.4. The number of nitrogens with zero attached hydrogens (tertiary/aromatic N) is 1. The monoisotopic (exact) mass is 220 g/mol. The summed E-state index contributed by atoms with van der Waals surface area (Å²) in [5, 5.41) is 12.5. The number of fused-ring (bicyclic) bond motifs is 1. The van der Waals surface area contributed by atoms with E-state index in [-0.39, 0.29) is 6.10 Å². The molecule has 1 heterocycles. The maximum absolute atomic E-state index is 9.55. The molecule has 4 heteroatoms. The van der Waals surface area contributed by atoms with E-state index in [1.54, 1.807) is 0 Å².